The first-order chi connectivity index (χ1) is 6.65. The maximum atomic E-state index is 10.9. The number of hydrogen-bond donors (Lipinski definition) is 0. The number of methoxy groups -OCH3 is 1. The van der Waals surface area contributed by atoms with Crippen LogP contribution >= 0.6 is 0 Å². The van der Waals surface area contributed by atoms with Crippen LogP contribution in [-0.4, -0.2) is 17.6 Å². The molecule has 3 heteroatoms. The molecule has 0 N–H and O–H groups in total. The highest BCUT2D eigenvalue weighted by atomic mass is 32.2. The van der Waals surface area contributed by atoms with E-state index >= 15 is 0 Å². The Morgan fingerprint density at radius 2 is 2.14 bits per heavy atom. The van der Waals surface area contributed by atoms with Crippen molar-refractivity contribution >= 4 is 16.9 Å². The maximum Gasteiger partial charge on any atom is 0.128 e. The van der Waals surface area contributed by atoms with E-state index in [9.17, 15) is 4.21 Å². The summed E-state index contributed by atoms with van der Waals surface area (Å²) < 4.78 is 16.1. The molecule has 0 aliphatic carbocycles. The summed E-state index contributed by atoms with van der Waals surface area (Å²) >= 11 is 0. The van der Waals surface area contributed by atoms with Crippen LogP contribution in [0.3, 0.4) is 0 Å². The summed E-state index contributed by atoms with van der Waals surface area (Å²) in [6.45, 7) is 1.99. The van der Waals surface area contributed by atoms with E-state index in [-0.39, 0.29) is 0 Å². The van der Waals surface area contributed by atoms with Crippen molar-refractivity contribution in [1.82, 2.24) is 0 Å². The van der Waals surface area contributed by atoms with Gasteiger partial charge in [-0.2, -0.15) is 0 Å². The molecule has 76 valence electrons. The van der Waals surface area contributed by atoms with Gasteiger partial charge < -0.3 is 4.74 Å². The number of hydrogen-bond acceptors (Lipinski definition) is 2. The van der Waals surface area contributed by atoms with Gasteiger partial charge in [-0.25, -0.2) is 0 Å². The second-order valence-electron chi connectivity index (χ2n) is 3.00. The monoisotopic (exact) mass is 210 g/mol. The summed E-state index contributed by atoms with van der Waals surface area (Å²) in [5.41, 5.74) is 2.04. The van der Waals surface area contributed by atoms with Crippen molar-refractivity contribution in [3.63, 3.8) is 0 Å². The number of benzene rings is 1. The van der Waals surface area contributed by atoms with Crippen LogP contribution in [0.1, 0.15) is 11.1 Å². The molecule has 14 heavy (non-hydrogen) atoms. The molecule has 0 aromatic heterocycles. The minimum Gasteiger partial charge on any atom is -0.496 e. The predicted octanol–water partition coefficient (Wildman–Crippen LogP) is 2.35. The fourth-order valence-corrected chi connectivity index (χ4v) is 1.59. The molecule has 1 aromatic rings. The van der Waals surface area contributed by atoms with E-state index in [1.54, 1.807) is 18.8 Å². The number of aryl methyl sites for hydroxylation is 1. The Hall–Kier alpha value is -1.09. The fraction of sp³-hybridized carbons (Fsp3) is 0.273. The van der Waals surface area contributed by atoms with Gasteiger partial charge in [0, 0.05) is 28.0 Å². The normalized spacial score (nSPS) is 13.1. The first kappa shape index (κ1) is 11.0. The molecule has 0 saturated carbocycles. The van der Waals surface area contributed by atoms with Crippen molar-refractivity contribution in [2.24, 2.45) is 0 Å². The topological polar surface area (TPSA) is 26.3 Å². The van der Waals surface area contributed by atoms with Gasteiger partial charge in [-0.3, -0.25) is 4.21 Å². The lowest BCUT2D eigenvalue weighted by Crippen LogP contribution is -1.90. The fourth-order valence-electron chi connectivity index (χ4n) is 1.25. The second kappa shape index (κ2) is 4.96. The molecular weight excluding hydrogens is 196 g/mol. The SMILES string of the molecule is COc1c(C)cccc1C=CS(C)=O. The first-order valence-corrected chi connectivity index (χ1v) is 5.91. The Balaban J connectivity index is 3.08. The average molecular weight is 210 g/mol. The van der Waals surface area contributed by atoms with Crippen molar-refractivity contribution in [3.05, 3.63) is 34.7 Å². The summed E-state index contributed by atoms with van der Waals surface area (Å²) in [5.74, 6) is 0.842. The Morgan fingerprint density at radius 3 is 2.71 bits per heavy atom. The van der Waals surface area contributed by atoms with Gasteiger partial charge in [-0.1, -0.05) is 18.2 Å². The molecule has 0 saturated heterocycles. The largest absolute Gasteiger partial charge is 0.496 e. The van der Waals surface area contributed by atoms with Gasteiger partial charge in [-0.05, 0) is 18.6 Å². The van der Waals surface area contributed by atoms with Crippen LogP contribution in [0.2, 0.25) is 0 Å². The molecule has 2 nitrogen and oxygen atoms in total. The van der Waals surface area contributed by atoms with Crippen LogP contribution in [0.4, 0.5) is 0 Å². The van der Waals surface area contributed by atoms with Gasteiger partial charge in [-0.15, -0.1) is 0 Å². The summed E-state index contributed by atoms with van der Waals surface area (Å²) in [7, 11) is 0.722. The molecule has 0 bridgehead atoms. The molecule has 1 aromatic carbocycles. The van der Waals surface area contributed by atoms with E-state index in [1.165, 1.54) is 0 Å². The summed E-state index contributed by atoms with van der Waals surface area (Å²) in [6.07, 6.45) is 3.46. The van der Waals surface area contributed by atoms with E-state index in [0.717, 1.165) is 16.9 Å². The third kappa shape index (κ3) is 2.70. The Morgan fingerprint density at radius 1 is 1.43 bits per heavy atom. The van der Waals surface area contributed by atoms with Gasteiger partial charge in [0.25, 0.3) is 0 Å². The minimum absolute atomic E-state index is 0.842. The van der Waals surface area contributed by atoms with Crippen LogP contribution in [0.25, 0.3) is 6.08 Å². The van der Waals surface area contributed by atoms with Crippen molar-refractivity contribution in [1.29, 1.82) is 0 Å². The zero-order valence-electron chi connectivity index (χ0n) is 8.61. The van der Waals surface area contributed by atoms with Gasteiger partial charge in [0.1, 0.15) is 5.75 Å². The highest BCUT2D eigenvalue weighted by molar-refractivity contribution is 7.87. The highest BCUT2D eigenvalue weighted by Crippen LogP contribution is 2.23. The van der Waals surface area contributed by atoms with Crippen LogP contribution in [0, 0.1) is 6.92 Å². The van der Waals surface area contributed by atoms with Crippen LogP contribution < -0.4 is 4.74 Å². The minimum atomic E-state index is -0.919. The van der Waals surface area contributed by atoms with Gasteiger partial charge >= 0.3 is 0 Å². The van der Waals surface area contributed by atoms with Crippen LogP contribution in [0.5, 0.6) is 5.75 Å². The number of para-hydroxylation sites is 1. The van der Waals surface area contributed by atoms with Crippen LogP contribution in [-0.2, 0) is 10.8 Å². The van der Waals surface area contributed by atoms with Gasteiger partial charge in [0.2, 0.25) is 0 Å². The lowest BCUT2D eigenvalue weighted by Gasteiger charge is -2.07. The zero-order valence-corrected chi connectivity index (χ0v) is 9.43. The van der Waals surface area contributed by atoms with Gasteiger partial charge in [0.15, 0.2) is 0 Å². The molecule has 0 aliphatic heterocycles. The lowest BCUT2D eigenvalue weighted by molar-refractivity contribution is 0.411. The van der Waals surface area contributed by atoms with E-state index < -0.39 is 10.8 Å². The molecule has 0 radical (unpaired) electrons. The van der Waals surface area contributed by atoms with Crippen molar-refractivity contribution in [2.75, 3.05) is 13.4 Å². The standard InChI is InChI=1S/C11H14O2S/c1-9-5-4-6-10(11(9)13-2)7-8-14(3)12/h4-8H,1-3H3. The molecule has 0 amide bonds. The number of ether oxygens (including phenoxy) is 1. The third-order valence-electron chi connectivity index (χ3n) is 1.89. The highest BCUT2D eigenvalue weighted by Gasteiger charge is 2.01. The molecular formula is C11H14O2S. The summed E-state index contributed by atoms with van der Waals surface area (Å²) in [4.78, 5) is 0. The van der Waals surface area contributed by atoms with Crippen LogP contribution in [0.15, 0.2) is 23.6 Å². The molecule has 1 rings (SSSR count). The van der Waals surface area contributed by atoms with E-state index in [1.807, 2.05) is 31.2 Å². The number of rotatable bonds is 3. The van der Waals surface area contributed by atoms with Crippen molar-refractivity contribution in [2.45, 2.75) is 6.92 Å². The lowest BCUT2D eigenvalue weighted by atomic mass is 10.1. The Bertz CT molecular complexity index is 370. The van der Waals surface area contributed by atoms with Gasteiger partial charge in [0.05, 0.1) is 7.11 Å². The Labute approximate surface area is 87.1 Å². The molecule has 1 atom stereocenters. The van der Waals surface area contributed by atoms with E-state index in [0.29, 0.717) is 0 Å². The Kier molecular flexibility index (Phi) is 3.89. The first-order valence-electron chi connectivity index (χ1n) is 4.29. The smallest absolute Gasteiger partial charge is 0.128 e. The van der Waals surface area contributed by atoms with Crippen molar-refractivity contribution in [3.8, 4) is 5.75 Å². The zero-order chi connectivity index (χ0) is 10.6. The van der Waals surface area contributed by atoms with E-state index in [4.69, 9.17) is 4.74 Å². The predicted molar refractivity (Wildman–Crippen MR) is 60.8 cm³/mol. The molecule has 0 aliphatic rings. The average Bonchev–Trinajstić information content (AvgIpc) is 2.14. The summed E-state index contributed by atoms with van der Waals surface area (Å²) in [6, 6.07) is 5.88. The molecule has 0 spiro atoms. The maximum absolute atomic E-state index is 10.9. The second-order valence-corrected chi connectivity index (χ2v) is 4.27. The molecule has 0 fully saturated rings. The molecule has 0 heterocycles. The third-order valence-corrected chi connectivity index (χ3v) is 2.41. The quantitative estimate of drug-likeness (QED) is 0.765. The molecule has 1 unspecified atom stereocenters. The van der Waals surface area contributed by atoms with Crippen molar-refractivity contribution < 1.29 is 8.95 Å². The van der Waals surface area contributed by atoms with E-state index in [2.05, 4.69) is 0 Å². The summed E-state index contributed by atoms with van der Waals surface area (Å²) in [5, 5.41) is 1.65.